The molecule has 2 aromatic carbocycles. The smallest absolute Gasteiger partial charge is 0.295 e. The second-order valence-corrected chi connectivity index (χ2v) is 7.86. The van der Waals surface area contributed by atoms with Crippen LogP contribution in [0.4, 0.5) is 5.69 Å². The Kier molecular flexibility index (Phi) is 5.11. The summed E-state index contributed by atoms with van der Waals surface area (Å²) in [6.07, 6.45) is 3.65. The summed E-state index contributed by atoms with van der Waals surface area (Å²) in [6, 6.07) is 12.2. The summed E-state index contributed by atoms with van der Waals surface area (Å²) in [5.74, 6) is -1.63. The maximum absolute atomic E-state index is 13.0. The van der Waals surface area contributed by atoms with E-state index in [0.717, 1.165) is 36.8 Å². The molecule has 1 saturated heterocycles. The number of ketones is 1. The lowest BCUT2D eigenvalue weighted by Crippen LogP contribution is -2.37. The number of nitro benzene ring substituents is 1. The Morgan fingerprint density at radius 3 is 2.37 bits per heavy atom. The van der Waals surface area contributed by atoms with Gasteiger partial charge in [0.15, 0.2) is 0 Å². The maximum atomic E-state index is 13.0. The molecule has 0 aromatic heterocycles. The van der Waals surface area contributed by atoms with E-state index in [1.165, 1.54) is 24.3 Å². The molecular weight excluding hydrogens is 384 g/mol. The Labute approximate surface area is 173 Å². The van der Waals surface area contributed by atoms with E-state index in [4.69, 9.17) is 0 Å². The van der Waals surface area contributed by atoms with E-state index >= 15 is 0 Å². The Hall–Kier alpha value is -3.48. The van der Waals surface area contributed by atoms with E-state index in [1.54, 1.807) is 4.90 Å². The van der Waals surface area contributed by atoms with Crippen LogP contribution >= 0.6 is 0 Å². The van der Waals surface area contributed by atoms with Gasteiger partial charge >= 0.3 is 0 Å². The van der Waals surface area contributed by atoms with Crippen LogP contribution in [0.1, 0.15) is 48.4 Å². The molecular formula is C23H22N2O5. The van der Waals surface area contributed by atoms with Gasteiger partial charge in [-0.15, -0.1) is 0 Å². The number of benzene rings is 2. The van der Waals surface area contributed by atoms with Crippen molar-refractivity contribution >= 4 is 23.1 Å². The first-order valence-corrected chi connectivity index (χ1v) is 10.00. The van der Waals surface area contributed by atoms with Crippen LogP contribution < -0.4 is 0 Å². The highest BCUT2D eigenvalue weighted by atomic mass is 16.6. The summed E-state index contributed by atoms with van der Waals surface area (Å²) in [6.45, 7) is 1.93. The lowest BCUT2D eigenvalue weighted by Gasteiger charge is -2.31. The first kappa shape index (κ1) is 19.8. The number of aryl methyl sites for hydroxylation is 1. The van der Waals surface area contributed by atoms with Crippen molar-refractivity contribution < 1.29 is 19.6 Å². The molecule has 1 amide bonds. The fourth-order valence-electron chi connectivity index (χ4n) is 4.47. The number of non-ortho nitro benzene ring substituents is 1. The van der Waals surface area contributed by atoms with Crippen molar-refractivity contribution in [2.45, 2.75) is 44.7 Å². The van der Waals surface area contributed by atoms with Crippen LogP contribution in [-0.2, 0) is 9.59 Å². The number of aliphatic hydroxyl groups excluding tert-OH is 1. The van der Waals surface area contributed by atoms with Crippen molar-refractivity contribution in [2.24, 2.45) is 0 Å². The van der Waals surface area contributed by atoms with Crippen molar-refractivity contribution in [1.29, 1.82) is 0 Å². The fraction of sp³-hybridized carbons (Fsp3) is 0.304. The molecule has 7 heteroatoms. The minimum absolute atomic E-state index is 0.0337. The van der Waals surface area contributed by atoms with Crippen LogP contribution in [0.3, 0.4) is 0 Å². The number of aliphatic hydroxyl groups is 1. The molecule has 2 aromatic rings. The van der Waals surface area contributed by atoms with Gasteiger partial charge in [-0.3, -0.25) is 19.7 Å². The Bertz CT molecular complexity index is 1050. The third-order valence-corrected chi connectivity index (χ3v) is 5.91. The number of carbonyl (C=O) groups is 2. The van der Waals surface area contributed by atoms with Crippen molar-refractivity contribution in [3.05, 3.63) is 80.9 Å². The van der Waals surface area contributed by atoms with Crippen LogP contribution in [0.15, 0.2) is 54.1 Å². The van der Waals surface area contributed by atoms with E-state index in [0.29, 0.717) is 0 Å². The molecule has 154 valence electrons. The topological polar surface area (TPSA) is 101 Å². The first-order chi connectivity index (χ1) is 14.4. The summed E-state index contributed by atoms with van der Waals surface area (Å²) >= 11 is 0. The number of carbonyl (C=O) groups excluding carboxylic acids is 2. The third kappa shape index (κ3) is 3.36. The van der Waals surface area contributed by atoms with Crippen molar-refractivity contribution in [2.75, 3.05) is 0 Å². The van der Waals surface area contributed by atoms with Gasteiger partial charge in [0, 0.05) is 23.7 Å². The molecule has 0 bridgehead atoms. The summed E-state index contributed by atoms with van der Waals surface area (Å²) in [5, 5.41) is 21.9. The Morgan fingerprint density at radius 1 is 1.10 bits per heavy atom. The van der Waals surface area contributed by atoms with Gasteiger partial charge in [-0.1, -0.05) is 42.7 Å². The summed E-state index contributed by atoms with van der Waals surface area (Å²) in [5.41, 5.74) is 1.94. The predicted octanol–water partition coefficient (Wildman–Crippen LogP) is 4.27. The van der Waals surface area contributed by atoms with Crippen LogP contribution in [0.2, 0.25) is 0 Å². The largest absolute Gasteiger partial charge is 0.507 e. The van der Waals surface area contributed by atoms with E-state index in [2.05, 4.69) is 0 Å². The molecule has 30 heavy (non-hydrogen) atoms. The number of nitro groups is 1. The van der Waals surface area contributed by atoms with E-state index in [1.807, 2.05) is 31.2 Å². The van der Waals surface area contributed by atoms with Gasteiger partial charge in [0.2, 0.25) is 0 Å². The molecule has 0 radical (unpaired) electrons. The second kappa shape index (κ2) is 7.74. The van der Waals surface area contributed by atoms with Gasteiger partial charge in [-0.05, 0) is 37.5 Å². The highest BCUT2D eigenvalue weighted by molar-refractivity contribution is 6.46. The molecule has 7 nitrogen and oxygen atoms in total. The van der Waals surface area contributed by atoms with Crippen molar-refractivity contribution in [3.8, 4) is 0 Å². The standard InChI is InChI=1S/C23H22N2O5/c1-14-5-4-6-16(13-14)20-19(21(26)15-9-11-18(12-10-15)25(29)30)22(27)23(28)24(20)17-7-2-3-8-17/h4-6,9-13,17,20,26H,2-3,7-8H2,1H3/b21-19-. The predicted molar refractivity (Wildman–Crippen MR) is 111 cm³/mol. The molecule has 0 spiro atoms. The van der Waals surface area contributed by atoms with Gasteiger partial charge in [0.05, 0.1) is 16.5 Å². The number of hydrogen-bond donors (Lipinski definition) is 1. The number of amides is 1. The number of hydrogen-bond acceptors (Lipinski definition) is 5. The molecule has 1 heterocycles. The zero-order valence-electron chi connectivity index (χ0n) is 16.6. The van der Waals surface area contributed by atoms with Gasteiger partial charge in [-0.25, -0.2) is 0 Å². The zero-order chi connectivity index (χ0) is 21.4. The molecule has 1 aliphatic carbocycles. The Morgan fingerprint density at radius 2 is 1.77 bits per heavy atom. The molecule has 1 N–H and O–H groups in total. The molecule has 1 aliphatic heterocycles. The summed E-state index contributed by atoms with van der Waals surface area (Å²) < 4.78 is 0. The fourth-order valence-corrected chi connectivity index (χ4v) is 4.47. The summed E-state index contributed by atoms with van der Waals surface area (Å²) in [7, 11) is 0. The van der Waals surface area contributed by atoms with Gasteiger partial charge < -0.3 is 10.0 Å². The SMILES string of the molecule is Cc1cccc(C2/C(=C(/O)c3ccc([N+](=O)[O-])cc3)C(=O)C(=O)N2C2CCCC2)c1. The van der Waals surface area contributed by atoms with Gasteiger partial charge in [-0.2, -0.15) is 0 Å². The lowest BCUT2D eigenvalue weighted by molar-refractivity contribution is -0.384. The highest BCUT2D eigenvalue weighted by Crippen LogP contribution is 2.43. The van der Waals surface area contributed by atoms with Crippen LogP contribution in [0.5, 0.6) is 0 Å². The number of likely N-dealkylation sites (tertiary alicyclic amines) is 1. The molecule has 2 fully saturated rings. The normalized spacial score (nSPS) is 21.4. The second-order valence-electron chi connectivity index (χ2n) is 7.86. The van der Waals surface area contributed by atoms with Crippen molar-refractivity contribution in [1.82, 2.24) is 4.90 Å². The van der Waals surface area contributed by atoms with E-state index < -0.39 is 22.7 Å². The molecule has 4 rings (SSSR count). The minimum Gasteiger partial charge on any atom is -0.507 e. The Balaban J connectivity index is 1.86. The van der Waals surface area contributed by atoms with Crippen molar-refractivity contribution in [3.63, 3.8) is 0 Å². The first-order valence-electron chi connectivity index (χ1n) is 10.00. The maximum Gasteiger partial charge on any atom is 0.295 e. The molecule has 1 saturated carbocycles. The monoisotopic (exact) mass is 406 g/mol. The lowest BCUT2D eigenvalue weighted by atomic mass is 9.93. The number of Topliss-reactive ketones (excluding diaryl/α,β-unsaturated/α-hetero) is 1. The third-order valence-electron chi connectivity index (χ3n) is 5.91. The summed E-state index contributed by atoms with van der Waals surface area (Å²) in [4.78, 5) is 38.0. The van der Waals surface area contributed by atoms with E-state index in [9.17, 15) is 24.8 Å². The number of rotatable bonds is 4. The van der Waals surface area contributed by atoms with Crippen LogP contribution in [0.25, 0.3) is 5.76 Å². The van der Waals surface area contributed by atoms with Crippen LogP contribution in [0, 0.1) is 17.0 Å². The minimum atomic E-state index is -0.718. The quantitative estimate of drug-likeness (QED) is 0.269. The molecule has 1 unspecified atom stereocenters. The zero-order valence-corrected chi connectivity index (χ0v) is 16.6. The highest BCUT2D eigenvalue weighted by Gasteiger charge is 2.49. The number of nitrogens with zero attached hydrogens (tertiary/aromatic N) is 2. The average Bonchev–Trinajstić information content (AvgIpc) is 3.34. The molecule has 1 atom stereocenters. The van der Waals surface area contributed by atoms with Gasteiger partial charge in [0.1, 0.15) is 5.76 Å². The van der Waals surface area contributed by atoms with E-state index in [-0.39, 0.29) is 28.6 Å². The average molecular weight is 406 g/mol. The molecule has 2 aliphatic rings. The van der Waals surface area contributed by atoms with Crippen LogP contribution in [-0.4, -0.2) is 32.7 Å². The van der Waals surface area contributed by atoms with Gasteiger partial charge in [0.25, 0.3) is 17.4 Å².